The molecule has 2 aromatic rings. The largest absolute Gasteiger partial charge is 0.416 e. The van der Waals surface area contributed by atoms with Crippen LogP contribution >= 0.6 is 11.6 Å². The molecule has 0 bridgehead atoms. The van der Waals surface area contributed by atoms with E-state index in [4.69, 9.17) is 16.9 Å². The van der Waals surface area contributed by atoms with E-state index >= 15 is 0 Å². The van der Waals surface area contributed by atoms with Gasteiger partial charge in [-0.25, -0.2) is 0 Å². The van der Waals surface area contributed by atoms with Crippen LogP contribution in [0.5, 0.6) is 0 Å². The van der Waals surface area contributed by atoms with E-state index in [1.165, 1.54) is 30.3 Å². The summed E-state index contributed by atoms with van der Waals surface area (Å²) in [7, 11) is 0. The number of nitriles is 1. The molecule has 2 N–H and O–H groups in total. The number of nitrogens with zero attached hydrogens (tertiary/aromatic N) is 1. The zero-order valence-electron chi connectivity index (χ0n) is 17.0. The Balaban J connectivity index is 1.90. The highest BCUT2D eigenvalue weighted by Crippen LogP contribution is 2.34. The van der Waals surface area contributed by atoms with Crippen LogP contribution in [0.25, 0.3) is 0 Å². The van der Waals surface area contributed by atoms with Crippen molar-refractivity contribution in [1.29, 1.82) is 5.26 Å². The number of carbonyl (C=O) groups excluding carboxylic acids is 1. The van der Waals surface area contributed by atoms with Gasteiger partial charge in [-0.05, 0) is 55.3 Å². The molecule has 0 aliphatic heterocycles. The summed E-state index contributed by atoms with van der Waals surface area (Å²) >= 11 is 6.02. The maximum absolute atomic E-state index is 13.1. The molecule has 1 aliphatic rings. The topological polar surface area (TPSA) is 73.1 Å². The van der Waals surface area contributed by atoms with Gasteiger partial charge in [-0.1, -0.05) is 42.7 Å². The Labute approximate surface area is 189 Å². The van der Waals surface area contributed by atoms with Crippen molar-refractivity contribution < 1.29 is 23.1 Å². The van der Waals surface area contributed by atoms with Gasteiger partial charge in [-0.3, -0.25) is 4.79 Å². The van der Waals surface area contributed by atoms with E-state index in [0.29, 0.717) is 18.5 Å². The maximum atomic E-state index is 13.1. The van der Waals surface area contributed by atoms with Gasteiger partial charge in [0, 0.05) is 17.2 Å². The number of alkyl halides is 3. The van der Waals surface area contributed by atoms with Crippen LogP contribution in [0.3, 0.4) is 0 Å². The number of aliphatic hydroxyl groups is 1. The fourth-order valence-corrected chi connectivity index (χ4v) is 3.91. The average Bonchev–Trinajstić information content (AvgIpc) is 2.78. The number of anilines is 1. The van der Waals surface area contributed by atoms with Crippen LogP contribution in [0, 0.1) is 29.1 Å². The monoisotopic (exact) mass is 460 g/mol. The van der Waals surface area contributed by atoms with Gasteiger partial charge in [0.1, 0.15) is 6.07 Å². The first-order valence-corrected chi connectivity index (χ1v) is 10.4. The second-order valence-electron chi connectivity index (χ2n) is 7.69. The highest BCUT2D eigenvalue weighted by molar-refractivity contribution is 6.32. The summed E-state index contributed by atoms with van der Waals surface area (Å²) in [6.07, 6.45) is -0.599. The molecule has 32 heavy (non-hydrogen) atoms. The first-order valence-electron chi connectivity index (χ1n) is 10.1. The quantitative estimate of drug-likeness (QED) is 0.591. The highest BCUT2D eigenvalue weighted by Gasteiger charge is 2.43. The summed E-state index contributed by atoms with van der Waals surface area (Å²) in [5.74, 6) is 4.11. The van der Waals surface area contributed by atoms with Gasteiger partial charge >= 0.3 is 6.18 Å². The van der Waals surface area contributed by atoms with Gasteiger partial charge in [0.05, 0.1) is 16.1 Å². The minimum absolute atomic E-state index is 0.155. The number of rotatable bonds is 3. The lowest BCUT2D eigenvalue weighted by atomic mass is 9.76. The van der Waals surface area contributed by atoms with Crippen molar-refractivity contribution in [2.45, 2.75) is 43.9 Å². The number of amides is 1. The van der Waals surface area contributed by atoms with E-state index in [1.807, 2.05) is 6.07 Å². The molecular weight excluding hydrogens is 441 g/mol. The van der Waals surface area contributed by atoms with Crippen molar-refractivity contribution in [1.82, 2.24) is 0 Å². The van der Waals surface area contributed by atoms with Gasteiger partial charge < -0.3 is 10.4 Å². The molecule has 0 saturated heterocycles. The third kappa shape index (κ3) is 5.43. The summed E-state index contributed by atoms with van der Waals surface area (Å²) in [6, 6.07) is 10.5. The Bertz CT molecular complexity index is 1090. The maximum Gasteiger partial charge on any atom is 0.416 e. The predicted octanol–water partition coefficient (Wildman–Crippen LogP) is 5.53. The smallest absolute Gasteiger partial charge is 0.369 e. The van der Waals surface area contributed by atoms with Crippen LogP contribution < -0.4 is 5.32 Å². The average molecular weight is 461 g/mol. The van der Waals surface area contributed by atoms with E-state index < -0.39 is 29.2 Å². The van der Waals surface area contributed by atoms with Crippen LogP contribution in [0.4, 0.5) is 18.9 Å². The van der Waals surface area contributed by atoms with Crippen molar-refractivity contribution in [2.24, 2.45) is 5.92 Å². The third-order valence-electron chi connectivity index (χ3n) is 5.50. The Hall–Kier alpha value is -3.00. The molecule has 166 valence electrons. The van der Waals surface area contributed by atoms with E-state index in [2.05, 4.69) is 17.2 Å². The fraction of sp³-hybridized carbons (Fsp3) is 0.333. The van der Waals surface area contributed by atoms with Gasteiger partial charge in [0.25, 0.3) is 5.91 Å². The molecular formula is C24H20ClF3N2O2. The molecule has 4 nitrogen and oxygen atoms in total. The van der Waals surface area contributed by atoms with E-state index in [1.54, 1.807) is 0 Å². The summed E-state index contributed by atoms with van der Waals surface area (Å²) < 4.78 is 38.3. The molecule has 3 rings (SSSR count). The first-order chi connectivity index (χ1) is 15.1. The molecule has 8 heteroatoms. The molecule has 0 heterocycles. The molecule has 1 atom stereocenters. The molecule has 1 saturated carbocycles. The summed E-state index contributed by atoms with van der Waals surface area (Å²) in [4.78, 5) is 13.1. The zero-order valence-corrected chi connectivity index (χ0v) is 17.7. The molecule has 1 unspecified atom stereocenters. The highest BCUT2D eigenvalue weighted by atomic mass is 35.5. The SMILES string of the molecule is N#Cc1ccc(NC(=O)C(O)(C#Cc2ccc(C(F)(F)F)cc2)C2CCCCC2)cc1Cl. The van der Waals surface area contributed by atoms with Crippen molar-refractivity contribution >= 4 is 23.2 Å². The fourth-order valence-electron chi connectivity index (χ4n) is 3.68. The Morgan fingerprint density at radius 2 is 1.75 bits per heavy atom. The van der Waals surface area contributed by atoms with Crippen molar-refractivity contribution in [3.63, 3.8) is 0 Å². The molecule has 0 spiro atoms. The number of hydrogen-bond donors (Lipinski definition) is 2. The zero-order chi connectivity index (χ0) is 23.4. The second kappa shape index (κ2) is 9.65. The van der Waals surface area contributed by atoms with Gasteiger partial charge in [-0.15, -0.1) is 0 Å². The molecule has 1 aliphatic carbocycles. The third-order valence-corrected chi connectivity index (χ3v) is 5.81. The first kappa shape index (κ1) is 23.7. The van der Waals surface area contributed by atoms with Gasteiger partial charge in [0.15, 0.2) is 0 Å². The number of hydrogen-bond acceptors (Lipinski definition) is 3. The lowest BCUT2D eigenvalue weighted by Gasteiger charge is -2.33. The lowest BCUT2D eigenvalue weighted by Crippen LogP contribution is -2.48. The summed E-state index contributed by atoms with van der Waals surface area (Å²) in [5, 5.41) is 23.1. The number of halogens is 4. The second-order valence-corrected chi connectivity index (χ2v) is 8.09. The minimum atomic E-state index is -4.46. The number of nitrogens with one attached hydrogen (secondary N) is 1. The van der Waals surface area contributed by atoms with Crippen LogP contribution in [0.2, 0.25) is 5.02 Å². The standard InChI is InChI=1S/C24H20ClF3N2O2/c25-21-14-20(11-8-17(21)15-29)30-22(31)23(32,18-4-2-1-3-5-18)13-12-16-6-9-19(10-7-16)24(26,27)28/h6-11,14,18,32H,1-5H2,(H,30,31). The van der Waals surface area contributed by atoms with E-state index in [0.717, 1.165) is 31.4 Å². The summed E-state index contributed by atoms with van der Waals surface area (Å²) in [6.45, 7) is 0. The number of benzene rings is 2. The normalized spacial score (nSPS) is 16.2. The Morgan fingerprint density at radius 1 is 1.09 bits per heavy atom. The van der Waals surface area contributed by atoms with Crippen LogP contribution in [-0.4, -0.2) is 16.6 Å². The van der Waals surface area contributed by atoms with Crippen molar-refractivity contribution in [3.05, 3.63) is 64.2 Å². The summed E-state index contributed by atoms with van der Waals surface area (Å²) in [5.41, 5.74) is -2.05. The van der Waals surface area contributed by atoms with Gasteiger partial charge in [0.2, 0.25) is 5.60 Å². The Morgan fingerprint density at radius 3 is 2.31 bits per heavy atom. The van der Waals surface area contributed by atoms with E-state index in [9.17, 15) is 23.1 Å². The van der Waals surface area contributed by atoms with Crippen molar-refractivity contribution in [2.75, 3.05) is 5.32 Å². The van der Waals surface area contributed by atoms with Crippen LogP contribution in [-0.2, 0) is 11.0 Å². The molecule has 1 fully saturated rings. The van der Waals surface area contributed by atoms with Gasteiger partial charge in [-0.2, -0.15) is 18.4 Å². The molecule has 0 radical (unpaired) electrons. The lowest BCUT2D eigenvalue weighted by molar-refractivity contribution is -0.137. The van der Waals surface area contributed by atoms with Crippen molar-refractivity contribution in [3.8, 4) is 17.9 Å². The molecule has 0 aromatic heterocycles. The minimum Gasteiger partial charge on any atom is -0.369 e. The Kier molecular flexibility index (Phi) is 7.13. The molecule has 2 aromatic carbocycles. The number of carbonyl (C=O) groups is 1. The predicted molar refractivity (Wildman–Crippen MR) is 115 cm³/mol. The van der Waals surface area contributed by atoms with Crippen LogP contribution in [0.15, 0.2) is 42.5 Å². The van der Waals surface area contributed by atoms with E-state index in [-0.39, 0.29) is 16.1 Å². The molecule has 1 amide bonds. The van der Waals surface area contributed by atoms with Crippen LogP contribution in [0.1, 0.15) is 48.8 Å².